The predicted octanol–water partition coefficient (Wildman–Crippen LogP) is -0.286. The van der Waals surface area contributed by atoms with E-state index in [9.17, 15) is 4.79 Å². The Morgan fingerprint density at radius 2 is 2.00 bits per heavy atom. The van der Waals surface area contributed by atoms with Gasteiger partial charge in [0.1, 0.15) is 0 Å². The van der Waals surface area contributed by atoms with Crippen LogP contribution in [-0.4, -0.2) is 26.3 Å². The van der Waals surface area contributed by atoms with E-state index >= 15 is 0 Å². The maximum Gasteiger partial charge on any atom is 0.437 e. The van der Waals surface area contributed by atoms with Crippen LogP contribution < -0.4 is 5.73 Å². The van der Waals surface area contributed by atoms with Crippen LogP contribution >= 0.6 is 0 Å². The van der Waals surface area contributed by atoms with Gasteiger partial charge in [-0.25, -0.2) is 4.79 Å². The van der Waals surface area contributed by atoms with Gasteiger partial charge in [0, 0.05) is 0 Å². The molecule has 0 spiro atoms. The zero-order valence-corrected chi connectivity index (χ0v) is 5.25. The first-order chi connectivity index (χ1) is 4.20. The number of nitrogens with two attached hydrogens (primary N) is 1. The minimum atomic E-state index is -0.769. The monoisotopic (exact) mass is 132 g/mol. The van der Waals surface area contributed by atoms with Gasteiger partial charge in [0.25, 0.3) is 6.02 Å². The largest absolute Gasteiger partial charge is 0.468 e. The second-order valence-corrected chi connectivity index (χ2v) is 1.12. The molecule has 0 heterocycles. The van der Waals surface area contributed by atoms with Gasteiger partial charge in [-0.3, -0.25) is 0 Å². The van der Waals surface area contributed by atoms with Gasteiger partial charge in [-0.15, -0.1) is 4.99 Å². The molecule has 1 amide bonds. The van der Waals surface area contributed by atoms with Gasteiger partial charge in [-0.05, 0) is 0 Å². The van der Waals surface area contributed by atoms with E-state index in [4.69, 9.17) is 5.73 Å². The number of methoxy groups -OCH3 is 2. The van der Waals surface area contributed by atoms with Crippen LogP contribution in [0.1, 0.15) is 0 Å². The summed E-state index contributed by atoms with van der Waals surface area (Å²) in [5.41, 5.74) is 4.98. The first-order valence-electron chi connectivity index (χ1n) is 2.16. The van der Waals surface area contributed by atoms with Crippen molar-refractivity contribution in [1.29, 1.82) is 0 Å². The van der Waals surface area contributed by atoms with Crippen LogP contribution in [0.15, 0.2) is 4.99 Å². The van der Waals surface area contributed by atoms with E-state index in [1.54, 1.807) is 0 Å². The summed E-state index contributed by atoms with van der Waals surface area (Å²) in [6, 6.07) is -0.207. The lowest BCUT2D eigenvalue weighted by Gasteiger charge is -1.94. The summed E-state index contributed by atoms with van der Waals surface area (Å²) in [7, 11) is 2.51. The number of aliphatic imine (C=N–C) groups is 1. The molecule has 5 nitrogen and oxygen atoms in total. The number of ether oxygens (including phenoxy) is 2. The Morgan fingerprint density at radius 3 is 2.33 bits per heavy atom. The number of rotatable bonds is 0. The average molecular weight is 132 g/mol. The summed E-state index contributed by atoms with van der Waals surface area (Å²) in [6.07, 6.45) is -0.769. The van der Waals surface area contributed by atoms with Crippen molar-refractivity contribution < 1.29 is 14.3 Å². The van der Waals surface area contributed by atoms with Gasteiger partial charge in [0.05, 0.1) is 14.2 Å². The molecule has 0 aromatic rings. The van der Waals surface area contributed by atoms with Crippen molar-refractivity contribution >= 4 is 12.1 Å². The first-order valence-corrected chi connectivity index (χ1v) is 2.16. The maximum atomic E-state index is 10.2. The zero-order valence-electron chi connectivity index (χ0n) is 5.25. The average Bonchev–Trinajstić information content (AvgIpc) is 1.87. The number of carbonyl (C=O) groups excluding carboxylic acids is 1. The standard InChI is InChI=1S/C4H8N2O3/c1-8-3(5)6-4(7)9-2/h1-2H3,(H2,5,6,7). The summed E-state index contributed by atoms with van der Waals surface area (Å²) in [5.74, 6) is 0. The minimum Gasteiger partial charge on any atom is -0.468 e. The predicted molar refractivity (Wildman–Crippen MR) is 31.0 cm³/mol. The molecule has 0 aliphatic rings. The van der Waals surface area contributed by atoms with E-state index < -0.39 is 6.09 Å². The molecule has 0 saturated carbocycles. The Kier molecular flexibility index (Phi) is 3.19. The number of nitrogens with zero attached hydrogens (tertiary/aromatic N) is 1. The number of hydrogen-bond donors (Lipinski definition) is 1. The van der Waals surface area contributed by atoms with Gasteiger partial charge >= 0.3 is 6.09 Å². The van der Waals surface area contributed by atoms with Gasteiger partial charge in [0.2, 0.25) is 0 Å². The summed E-state index contributed by atoms with van der Waals surface area (Å²) >= 11 is 0. The normalized spacial score (nSPS) is 10.7. The fourth-order valence-electron chi connectivity index (χ4n) is 0.181. The molecular weight excluding hydrogens is 124 g/mol. The Balaban J connectivity index is 3.79. The van der Waals surface area contributed by atoms with Gasteiger partial charge < -0.3 is 15.2 Å². The Bertz CT molecular complexity index is 132. The molecule has 5 heteroatoms. The molecule has 0 saturated heterocycles. The summed E-state index contributed by atoms with van der Waals surface area (Å²) in [5, 5.41) is 0. The molecule has 0 radical (unpaired) electrons. The molecule has 2 N–H and O–H groups in total. The van der Waals surface area contributed by atoms with E-state index in [2.05, 4.69) is 14.5 Å². The van der Waals surface area contributed by atoms with E-state index in [0.29, 0.717) is 0 Å². The number of amidine groups is 1. The molecule has 0 bridgehead atoms. The molecule has 0 aromatic heterocycles. The van der Waals surface area contributed by atoms with Crippen molar-refractivity contribution in [3.8, 4) is 0 Å². The molecule has 0 aromatic carbocycles. The quantitative estimate of drug-likeness (QED) is 0.363. The summed E-state index contributed by atoms with van der Waals surface area (Å²) in [4.78, 5) is 13.3. The van der Waals surface area contributed by atoms with E-state index in [1.165, 1.54) is 14.2 Å². The Labute approximate surface area is 52.5 Å². The highest BCUT2D eigenvalue weighted by atomic mass is 16.5. The second kappa shape index (κ2) is 3.71. The SMILES string of the molecule is COC(=O)/N=C(\N)OC. The van der Waals surface area contributed by atoms with Crippen molar-refractivity contribution in [1.82, 2.24) is 0 Å². The molecule has 52 valence electrons. The van der Waals surface area contributed by atoms with Gasteiger partial charge in [-0.2, -0.15) is 0 Å². The van der Waals surface area contributed by atoms with Crippen LogP contribution in [0.4, 0.5) is 4.79 Å². The minimum absolute atomic E-state index is 0.207. The van der Waals surface area contributed by atoms with Crippen LogP contribution in [0.5, 0.6) is 0 Å². The van der Waals surface area contributed by atoms with Crippen molar-refractivity contribution in [2.75, 3.05) is 14.2 Å². The van der Waals surface area contributed by atoms with Crippen LogP contribution in [0.3, 0.4) is 0 Å². The van der Waals surface area contributed by atoms with E-state index in [0.717, 1.165) is 0 Å². The molecular formula is C4H8N2O3. The van der Waals surface area contributed by atoms with Crippen LogP contribution in [-0.2, 0) is 9.47 Å². The Morgan fingerprint density at radius 1 is 1.44 bits per heavy atom. The highest BCUT2D eigenvalue weighted by molar-refractivity contribution is 5.85. The molecule has 0 atom stereocenters. The molecule has 9 heavy (non-hydrogen) atoms. The first kappa shape index (κ1) is 7.74. The lowest BCUT2D eigenvalue weighted by atomic mass is 11.0. The number of hydrogen-bond acceptors (Lipinski definition) is 3. The van der Waals surface area contributed by atoms with E-state index in [1.807, 2.05) is 0 Å². The van der Waals surface area contributed by atoms with Crippen molar-refractivity contribution in [3.63, 3.8) is 0 Å². The fraction of sp³-hybridized carbons (Fsp3) is 0.500. The maximum absolute atomic E-state index is 10.2. The van der Waals surface area contributed by atoms with Gasteiger partial charge in [0.15, 0.2) is 0 Å². The van der Waals surface area contributed by atoms with Crippen molar-refractivity contribution in [2.24, 2.45) is 10.7 Å². The highest BCUT2D eigenvalue weighted by Gasteiger charge is 1.95. The van der Waals surface area contributed by atoms with E-state index in [-0.39, 0.29) is 6.02 Å². The number of amides is 1. The molecule has 0 aliphatic carbocycles. The third kappa shape index (κ3) is 3.33. The topological polar surface area (TPSA) is 73.9 Å². The van der Waals surface area contributed by atoms with Gasteiger partial charge in [-0.1, -0.05) is 0 Å². The smallest absolute Gasteiger partial charge is 0.437 e. The van der Waals surface area contributed by atoms with Crippen molar-refractivity contribution in [3.05, 3.63) is 0 Å². The Hall–Kier alpha value is -1.26. The second-order valence-electron chi connectivity index (χ2n) is 1.12. The molecule has 0 aliphatic heterocycles. The third-order valence-corrected chi connectivity index (χ3v) is 0.585. The zero-order chi connectivity index (χ0) is 7.28. The van der Waals surface area contributed by atoms with Crippen LogP contribution in [0, 0.1) is 0 Å². The van der Waals surface area contributed by atoms with Crippen LogP contribution in [0.25, 0.3) is 0 Å². The lowest BCUT2D eigenvalue weighted by molar-refractivity contribution is 0.181. The number of carbonyl (C=O) groups is 1. The molecule has 0 fully saturated rings. The highest BCUT2D eigenvalue weighted by Crippen LogP contribution is 1.79. The molecule has 0 rings (SSSR count). The van der Waals surface area contributed by atoms with Crippen molar-refractivity contribution in [2.45, 2.75) is 0 Å². The fourth-order valence-corrected chi connectivity index (χ4v) is 0.181. The lowest BCUT2D eigenvalue weighted by Crippen LogP contribution is -2.15. The van der Waals surface area contributed by atoms with Crippen LogP contribution in [0.2, 0.25) is 0 Å². The summed E-state index contributed by atoms with van der Waals surface area (Å²) < 4.78 is 8.49. The summed E-state index contributed by atoms with van der Waals surface area (Å²) in [6.45, 7) is 0. The third-order valence-electron chi connectivity index (χ3n) is 0.585. The molecule has 0 unspecified atom stereocenters.